The molecule has 0 radical (unpaired) electrons. The molecule has 2 N–H and O–H groups in total. The van der Waals surface area contributed by atoms with Gasteiger partial charge in [-0.15, -0.1) is 11.3 Å². The molecular weight excluding hydrogens is 336 g/mol. The number of nitrogens with zero attached hydrogens (tertiary/aromatic N) is 4. The highest BCUT2D eigenvalue weighted by molar-refractivity contribution is 7.13. The number of hydrogen-bond donors (Lipinski definition) is 2. The van der Waals surface area contributed by atoms with Gasteiger partial charge in [-0.1, -0.05) is 0 Å². The fourth-order valence-corrected chi connectivity index (χ4v) is 3.29. The standard InChI is InChI=1S/C17H20N6OS/c1-11-16(25-13(3)20-11)17(24)19-7-6-18-14-10-15(22-12(2)21-14)23-8-4-5-9-23/h4-5,8-10H,6-7H2,1-3H3,(H,19,24)(H,18,21,22). The summed E-state index contributed by atoms with van der Waals surface area (Å²) < 4.78 is 1.93. The highest BCUT2D eigenvalue weighted by Crippen LogP contribution is 2.16. The molecule has 0 aliphatic rings. The van der Waals surface area contributed by atoms with Crippen LogP contribution in [0.15, 0.2) is 30.6 Å². The van der Waals surface area contributed by atoms with Crippen molar-refractivity contribution in [3.8, 4) is 5.82 Å². The topological polar surface area (TPSA) is 84.7 Å². The Hall–Kier alpha value is -2.74. The predicted molar refractivity (Wildman–Crippen MR) is 98.5 cm³/mol. The van der Waals surface area contributed by atoms with E-state index in [1.54, 1.807) is 0 Å². The summed E-state index contributed by atoms with van der Waals surface area (Å²) >= 11 is 1.41. The molecule has 0 bridgehead atoms. The maximum Gasteiger partial charge on any atom is 0.263 e. The molecule has 8 heteroatoms. The van der Waals surface area contributed by atoms with Gasteiger partial charge in [0.1, 0.15) is 22.3 Å². The van der Waals surface area contributed by atoms with Gasteiger partial charge in [0, 0.05) is 31.5 Å². The van der Waals surface area contributed by atoms with Crippen molar-refractivity contribution in [3.63, 3.8) is 0 Å². The number of thiazole rings is 1. The first-order valence-electron chi connectivity index (χ1n) is 7.98. The van der Waals surface area contributed by atoms with Gasteiger partial charge in [-0.25, -0.2) is 15.0 Å². The average Bonchev–Trinajstić information content (AvgIpc) is 3.20. The minimum absolute atomic E-state index is 0.0863. The molecular formula is C17H20N6OS. The lowest BCUT2D eigenvalue weighted by molar-refractivity contribution is 0.0958. The third-order valence-electron chi connectivity index (χ3n) is 3.52. The van der Waals surface area contributed by atoms with E-state index in [0.717, 1.165) is 22.3 Å². The zero-order chi connectivity index (χ0) is 17.8. The second-order valence-corrected chi connectivity index (χ2v) is 6.78. The van der Waals surface area contributed by atoms with E-state index in [1.807, 2.05) is 55.9 Å². The number of anilines is 1. The number of carbonyl (C=O) groups is 1. The summed E-state index contributed by atoms with van der Waals surface area (Å²) in [5.74, 6) is 2.14. The van der Waals surface area contributed by atoms with Crippen molar-refractivity contribution in [2.45, 2.75) is 20.8 Å². The molecule has 1 amide bonds. The lowest BCUT2D eigenvalue weighted by Crippen LogP contribution is -2.28. The monoisotopic (exact) mass is 356 g/mol. The van der Waals surface area contributed by atoms with Gasteiger partial charge in [0.2, 0.25) is 0 Å². The Balaban J connectivity index is 1.56. The van der Waals surface area contributed by atoms with Gasteiger partial charge < -0.3 is 15.2 Å². The van der Waals surface area contributed by atoms with Crippen LogP contribution in [-0.2, 0) is 0 Å². The van der Waals surface area contributed by atoms with Gasteiger partial charge in [0.25, 0.3) is 5.91 Å². The van der Waals surface area contributed by atoms with Crippen LogP contribution in [-0.4, -0.2) is 38.5 Å². The van der Waals surface area contributed by atoms with E-state index in [4.69, 9.17) is 0 Å². The maximum atomic E-state index is 12.2. The van der Waals surface area contributed by atoms with Gasteiger partial charge in [0.05, 0.1) is 10.7 Å². The molecule has 3 heterocycles. The van der Waals surface area contributed by atoms with E-state index >= 15 is 0 Å². The number of rotatable bonds is 6. The van der Waals surface area contributed by atoms with Gasteiger partial charge in [-0.3, -0.25) is 4.79 Å². The Kier molecular flexibility index (Phi) is 5.08. The molecule has 0 atom stereocenters. The van der Waals surface area contributed by atoms with E-state index in [-0.39, 0.29) is 5.91 Å². The number of aryl methyl sites for hydroxylation is 3. The van der Waals surface area contributed by atoms with Crippen molar-refractivity contribution >= 4 is 23.1 Å². The summed E-state index contributed by atoms with van der Waals surface area (Å²) in [6.07, 6.45) is 3.87. The fourth-order valence-electron chi connectivity index (χ4n) is 2.45. The lowest BCUT2D eigenvalue weighted by Gasteiger charge is -2.10. The summed E-state index contributed by atoms with van der Waals surface area (Å²) in [6, 6.07) is 5.78. The molecule has 25 heavy (non-hydrogen) atoms. The Morgan fingerprint density at radius 3 is 2.56 bits per heavy atom. The van der Waals surface area contributed by atoms with Crippen LogP contribution in [0.3, 0.4) is 0 Å². The molecule has 7 nitrogen and oxygen atoms in total. The van der Waals surface area contributed by atoms with Crippen LogP contribution >= 0.6 is 11.3 Å². The summed E-state index contributed by atoms with van der Waals surface area (Å²) in [4.78, 5) is 25.9. The van der Waals surface area contributed by atoms with Crippen LogP contribution in [0.4, 0.5) is 5.82 Å². The van der Waals surface area contributed by atoms with Crippen LogP contribution in [0, 0.1) is 20.8 Å². The summed E-state index contributed by atoms with van der Waals surface area (Å²) in [5, 5.41) is 7.02. The van der Waals surface area contributed by atoms with Crippen molar-refractivity contribution in [3.05, 3.63) is 52.0 Å². The second kappa shape index (κ2) is 7.43. The minimum atomic E-state index is -0.0863. The van der Waals surface area contributed by atoms with Crippen LogP contribution in [0.2, 0.25) is 0 Å². The highest BCUT2D eigenvalue weighted by Gasteiger charge is 2.12. The van der Waals surface area contributed by atoms with Crippen LogP contribution in [0.5, 0.6) is 0 Å². The molecule has 0 saturated heterocycles. The second-order valence-electron chi connectivity index (χ2n) is 5.58. The van der Waals surface area contributed by atoms with Crippen LogP contribution in [0.25, 0.3) is 5.82 Å². The lowest BCUT2D eigenvalue weighted by atomic mass is 10.3. The first kappa shape index (κ1) is 17.1. The van der Waals surface area contributed by atoms with Crippen molar-refractivity contribution < 1.29 is 4.79 Å². The number of aromatic nitrogens is 4. The van der Waals surface area contributed by atoms with E-state index in [2.05, 4.69) is 25.6 Å². The third kappa shape index (κ3) is 4.21. The number of carbonyl (C=O) groups excluding carboxylic acids is 1. The Morgan fingerprint density at radius 1 is 1.12 bits per heavy atom. The van der Waals surface area contributed by atoms with Crippen molar-refractivity contribution in [1.29, 1.82) is 0 Å². The van der Waals surface area contributed by atoms with Crippen molar-refractivity contribution in [2.24, 2.45) is 0 Å². The maximum absolute atomic E-state index is 12.2. The SMILES string of the molecule is Cc1nc(NCCNC(=O)c2sc(C)nc2C)cc(-n2cccc2)n1. The number of nitrogens with one attached hydrogen (secondary N) is 2. The molecule has 3 aromatic rings. The van der Waals surface area contributed by atoms with Crippen molar-refractivity contribution in [2.75, 3.05) is 18.4 Å². The first-order valence-corrected chi connectivity index (χ1v) is 8.79. The molecule has 3 rings (SSSR count). The number of hydrogen-bond acceptors (Lipinski definition) is 6. The zero-order valence-electron chi connectivity index (χ0n) is 14.4. The zero-order valence-corrected chi connectivity index (χ0v) is 15.2. The largest absolute Gasteiger partial charge is 0.368 e. The van der Waals surface area contributed by atoms with Gasteiger partial charge >= 0.3 is 0 Å². The van der Waals surface area contributed by atoms with Crippen molar-refractivity contribution in [1.82, 2.24) is 24.8 Å². The van der Waals surface area contributed by atoms with E-state index in [0.29, 0.717) is 23.8 Å². The highest BCUT2D eigenvalue weighted by atomic mass is 32.1. The molecule has 0 saturated carbocycles. The predicted octanol–water partition coefficient (Wildman–Crippen LogP) is 2.49. The van der Waals surface area contributed by atoms with Gasteiger partial charge in [-0.05, 0) is 32.9 Å². The molecule has 0 aliphatic carbocycles. The molecule has 0 unspecified atom stereocenters. The van der Waals surface area contributed by atoms with Crippen LogP contribution < -0.4 is 10.6 Å². The Labute approximate surface area is 150 Å². The average molecular weight is 356 g/mol. The quantitative estimate of drug-likeness (QED) is 0.663. The molecule has 130 valence electrons. The summed E-state index contributed by atoms with van der Waals surface area (Å²) in [5.41, 5.74) is 0.774. The smallest absolute Gasteiger partial charge is 0.263 e. The fraction of sp³-hybridized carbons (Fsp3) is 0.294. The first-order chi connectivity index (χ1) is 12.0. The number of amides is 1. The molecule has 0 aliphatic heterocycles. The van der Waals surface area contributed by atoms with E-state index < -0.39 is 0 Å². The molecule has 3 aromatic heterocycles. The molecule has 0 fully saturated rings. The van der Waals surface area contributed by atoms with E-state index in [1.165, 1.54) is 11.3 Å². The summed E-state index contributed by atoms with van der Waals surface area (Å²) in [7, 11) is 0. The molecule has 0 spiro atoms. The Bertz CT molecular complexity index is 871. The molecule has 0 aromatic carbocycles. The van der Waals surface area contributed by atoms with E-state index in [9.17, 15) is 4.79 Å². The Morgan fingerprint density at radius 2 is 1.88 bits per heavy atom. The normalized spacial score (nSPS) is 10.7. The summed E-state index contributed by atoms with van der Waals surface area (Å²) in [6.45, 7) is 6.68. The minimum Gasteiger partial charge on any atom is -0.368 e. The van der Waals surface area contributed by atoms with Crippen LogP contribution in [0.1, 0.15) is 26.2 Å². The van der Waals surface area contributed by atoms with Gasteiger partial charge in [-0.2, -0.15) is 0 Å². The third-order valence-corrected chi connectivity index (χ3v) is 4.59. The van der Waals surface area contributed by atoms with Gasteiger partial charge in [0.15, 0.2) is 0 Å².